The number of hydrogen-bond acceptors (Lipinski definition) is 7. The van der Waals surface area contributed by atoms with Gasteiger partial charge < -0.3 is 25.7 Å². The zero-order chi connectivity index (χ0) is 40.2. The smallest absolute Gasteiger partial charge is 0.335 e. The van der Waals surface area contributed by atoms with E-state index in [0.29, 0.717) is 41.4 Å². The van der Waals surface area contributed by atoms with Gasteiger partial charge in [-0.25, -0.2) is 4.79 Å². The number of fused-ring (bicyclic) bond motifs is 1. The molecule has 0 bridgehead atoms. The van der Waals surface area contributed by atoms with Gasteiger partial charge in [0.25, 0.3) is 11.8 Å². The molecule has 1 heterocycles. The van der Waals surface area contributed by atoms with Crippen LogP contribution in [0, 0.1) is 0 Å². The van der Waals surface area contributed by atoms with Crippen LogP contribution in [0.1, 0.15) is 111 Å². The number of aromatic carboxylic acids is 1. The van der Waals surface area contributed by atoms with Crippen molar-refractivity contribution < 1.29 is 34.2 Å². The quantitative estimate of drug-likeness (QED) is 0.0738. The van der Waals surface area contributed by atoms with Gasteiger partial charge in [-0.3, -0.25) is 24.1 Å². The van der Waals surface area contributed by atoms with E-state index in [4.69, 9.17) is 10.2 Å². The van der Waals surface area contributed by atoms with Gasteiger partial charge in [0.15, 0.2) is 0 Å². The third-order valence-electron chi connectivity index (χ3n) is 10.5. The zero-order valence-electron chi connectivity index (χ0n) is 32.4. The van der Waals surface area contributed by atoms with Crippen LogP contribution in [0.25, 0.3) is 0 Å². The summed E-state index contributed by atoms with van der Waals surface area (Å²) in [6.45, 7) is 5.89. The molecule has 4 N–H and O–H groups in total. The highest BCUT2D eigenvalue weighted by Crippen LogP contribution is 2.39. The Kier molecular flexibility index (Phi) is 17.3. The SMILES string of the molecule is CCC(CC)N(CCN(C)C(=O)CCC(=O)O)Cc1cccc(C(=O)Nc2sc3c(c2C(=O)Nc2ccc(CCc4ccc(C(=O)O)cc4)cc2)CCCC3)c1.[MgH2]. The molecule has 5 rings (SSSR count). The van der Waals surface area contributed by atoms with E-state index in [1.165, 1.54) is 11.3 Å². The minimum atomic E-state index is -0.993. The van der Waals surface area contributed by atoms with Crippen molar-refractivity contribution in [3.05, 3.63) is 117 Å². The normalized spacial score (nSPS) is 12.1. The van der Waals surface area contributed by atoms with Crippen LogP contribution >= 0.6 is 11.3 Å². The van der Waals surface area contributed by atoms with Crippen LogP contribution in [0.2, 0.25) is 0 Å². The zero-order valence-corrected chi connectivity index (χ0v) is 33.3. The number of benzene rings is 3. The van der Waals surface area contributed by atoms with Gasteiger partial charge in [0.1, 0.15) is 5.00 Å². The van der Waals surface area contributed by atoms with Gasteiger partial charge >= 0.3 is 35.0 Å². The first-order valence-electron chi connectivity index (χ1n) is 19.4. The third-order valence-corrected chi connectivity index (χ3v) is 11.7. The van der Waals surface area contributed by atoms with E-state index in [0.717, 1.165) is 78.5 Å². The van der Waals surface area contributed by atoms with E-state index < -0.39 is 11.9 Å². The fourth-order valence-electron chi connectivity index (χ4n) is 7.17. The minimum Gasteiger partial charge on any atom is -0.481 e. The van der Waals surface area contributed by atoms with E-state index in [1.54, 1.807) is 30.1 Å². The number of carboxylic acids is 2. The van der Waals surface area contributed by atoms with Crippen molar-refractivity contribution in [1.29, 1.82) is 0 Å². The number of aryl methyl sites for hydroxylation is 3. The lowest BCUT2D eigenvalue weighted by Crippen LogP contribution is -2.41. The lowest BCUT2D eigenvalue weighted by atomic mass is 9.95. The maximum Gasteiger partial charge on any atom is 0.335 e. The number of aliphatic carboxylic acids is 1. The average molecular weight is 807 g/mol. The second-order valence-corrected chi connectivity index (χ2v) is 15.5. The molecule has 1 aromatic heterocycles. The summed E-state index contributed by atoms with van der Waals surface area (Å²) >= 11 is 1.48. The molecule has 0 spiro atoms. The second-order valence-electron chi connectivity index (χ2n) is 14.4. The Bertz CT molecular complexity index is 2010. The lowest BCUT2D eigenvalue weighted by Gasteiger charge is -2.32. The Hall–Kier alpha value is -4.56. The first kappa shape index (κ1) is 45.1. The van der Waals surface area contributed by atoms with E-state index >= 15 is 0 Å². The van der Waals surface area contributed by atoms with Crippen molar-refractivity contribution >= 4 is 74.7 Å². The first-order chi connectivity index (χ1) is 26.9. The maximum atomic E-state index is 13.9. The average Bonchev–Trinajstić information content (AvgIpc) is 3.57. The molecule has 3 amide bonds. The number of thiophene rings is 1. The Morgan fingerprint density at radius 1 is 0.754 bits per heavy atom. The number of carbonyl (C=O) groups excluding carboxylic acids is 3. The number of rotatable bonds is 19. The van der Waals surface area contributed by atoms with Crippen LogP contribution in [0.5, 0.6) is 0 Å². The van der Waals surface area contributed by atoms with Gasteiger partial charge in [-0.2, -0.15) is 0 Å². The fourth-order valence-corrected chi connectivity index (χ4v) is 8.45. The Morgan fingerprint density at radius 3 is 2.04 bits per heavy atom. The van der Waals surface area contributed by atoms with Gasteiger partial charge in [-0.05, 0) is 110 Å². The molecule has 300 valence electrons. The summed E-state index contributed by atoms with van der Waals surface area (Å²) in [4.78, 5) is 67.3. The molecule has 57 heavy (non-hydrogen) atoms. The monoisotopic (exact) mass is 806 g/mol. The highest BCUT2D eigenvalue weighted by molar-refractivity contribution is 7.17. The largest absolute Gasteiger partial charge is 0.481 e. The van der Waals surface area contributed by atoms with Crippen molar-refractivity contribution in [2.24, 2.45) is 0 Å². The van der Waals surface area contributed by atoms with Crippen molar-refractivity contribution in [2.75, 3.05) is 30.8 Å². The molecular weight excluding hydrogens is 753 g/mol. The molecule has 0 saturated heterocycles. The number of anilines is 2. The number of hydrogen-bond donors (Lipinski definition) is 4. The molecule has 1 aliphatic carbocycles. The molecule has 0 radical (unpaired) electrons. The number of nitrogens with zero attached hydrogens (tertiary/aromatic N) is 2. The van der Waals surface area contributed by atoms with Crippen LogP contribution < -0.4 is 10.6 Å². The first-order valence-corrected chi connectivity index (χ1v) is 20.2. The lowest BCUT2D eigenvalue weighted by molar-refractivity contribution is -0.140. The topological polar surface area (TPSA) is 156 Å². The van der Waals surface area contributed by atoms with E-state index in [-0.39, 0.29) is 65.2 Å². The Balaban J connectivity index is 0.00000720. The van der Waals surface area contributed by atoms with Crippen LogP contribution in [0.15, 0.2) is 72.8 Å². The molecular formula is C44H54MgN4O7S. The summed E-state index contributed by atoms with van der Waals surface area (Å²) < 4.78 is 0. The van der Waals surface area contributed by atoms with Gasteiger partial charge in [-0.15, -0.1) is 11.3 Å². The number of likely N-dealkylation sites (N-methyl/N-ethyl adjacent to an activating group) is 1. The summed E-state index contributed by atoms with van der Waals surface area (Å²) in [7, 11) is 1.70. The number of carboxylic acid groups (broad SMARTS) is 2. The molecule has 13 heteroatoms. The summed E-state index contributed by atoms with van der Waals surface area (Å²) in [6.07, 6.45) is 6.78. The molecule has 0 atom stereocenters. The van der Waals surface area contributed by atoms with Crippen LogP contribution in [0.3, 0.4) is 0 Å². The number of carbonyl (C=O) groups is 5. The Labute approximate surface area is 355 Å². The molecule has 0 fully saturated rings. The summed E-state index contributed by atoms with van der Waals surface area (Å²) in [6, 6.07) is 22.4. The molecule has 0 saturated carbocycles. The molecule has 0 aliphatic heterocycles. The van der Waals surface area contributed by atoms with E-state index in [9.17, 15) is 24.0 Å². The molecule has 0 unspecified atom stereocenters. The van der Waals surface area contributed by atoms with Crippen molar-refractivity contribution in [3.63, 3.8) is 0 Å². The molecule has 11 nitrogen and oxygen atoms in total. The Morgan fingerprint density at radius 2 is 1.40 bits per heavy atom. The number of amides is 3. The summed E-state index contributed by atoms with van der Waals surface area (Å²) in [5.74, 6) is -2.69. The van der Waals surface area contributed by atoms with E-state index in [2.05, 4.69) is 29.4 Å². The second kappa shape index (κ2) is 21.8. The highest BCUT2D eigenvalue weighted by atomic mass is 32.1. The minimum absolute atomic E-state index is 0. The number of nitrogens with one attached hydrogen (secondary N) is 2. The van der Waals surface area contributed by atoms with Crippen molar-refractivity contribution in [2.45, 2.75) is 90.6 Å². The molecule has 4 aromatic rings. The molecule has 3 aromatic carbocycles. The third kappa shape index (κ3) is 12.7. The van der Waals surface area contributed by atoms with E-state index in [1.807, 2.05) is 54.6 Å². The maximum absolute atomic E-state index is 13.9. The van der Waals surface area contributed by atoms with Gasteiger partial charge in [0, 0.05) is 55.3 Å². The summed E-state index contributed by atoms with van der Waals surface area (Å²) in [5.41, 5.74) is 6.01. The predicted octanol–water partition coefficient (Wildman–Crippen LogP) is 7.01. The van der Waals surface area contributed by atoms with Gasteiger partial charge in [0.05, 0.1) is 17.5 Å². The van der Waals surface area contributed by atoms with Crippen LogP contribution in [-0.2, 0) is 41.8 Å². The standard InChI is InChI=1S/C44H52N4O7S.Mg.2H/c1-4-35(5-2)48(26-25-47(3)38(49)23-24-39(50)51)28-31-9-8-10-33(27-31)41(52)46-43-40(36-11-6-7-12-37(36)56-43)42(53)45-34-21-17-30(18-22-34)14-13-29-15-19-32(20-16-29)44(54)55;;;/h8-10,15-22,27,35H,4-7,11-14,23-26,28H2,1-3H3,(H,45,53)(H,46,52)(H,50,51)(H,54,55);;;. The van der Waals surface area contributed by atoms with Gasteiger partial charge in [-0.1, -0.05) is 50.2 Å². The van der Waals surface area contributed by atoms with Crippen molar-refractivity contribution in [3.8, 4) is 0 Å². The highest BCUT2D eigenvalue weighted by Gasteiger charge is 2.27. The predicted molar refractivity (Wildman–Crippen MR) is 228 cm³/mol. The van der Waals surface area contributed by atoms with Crippen LogP contribution in [0.4, 0.5) is 10.7 Å². The van der Waals surface area contributed by atoms with Gasteiger partial charge in [0.2, 0.25) is 5.91 Å². The fraction of sp³-hybridized carbons (Fsp3) is 0.386. The van der Waals surface area contributed by atoms with Crippen molar-refractivity contribution in [1.82, 2.24) is 9.80 Å². The summed E-state index contributed by atoms with van der Waals surface area (Å²) in [5, 5.41) is 24.8. The van der Waals surface area contributed by atoms with Crippen LogP contribution in [-0.4, -0.2) is 98.9 Å². The molecule has 1 aliphatic rings.